The van der Waals surface area contributed by atoms with Crippen LogP contribution >= 0.6 is 0 Å². The number of likely N-dealkylation sites (tertiary alicyclic amines) is 2. The van der Waals surface area contributed by atoms with Crippen molar-refractivity contribution in [3.05, 3.63) is 35.9 Å². The highest BCUT2D eigenvalue weighted by Gasteiger charge is 2.44. The third-order valence-electron chi connectivity index (χ3n) is 7.02. The molecule has 2 heterocycles. The zero-order valence-electron chi connectivity index (χ0n) is 15.8. The second-order valence-electron chi connectivity index (χ2n) is 8.56. The average molecular weight is 354 g/mol. The van der Waals surface area contributed by atoms with E-state index < -0.39 is 0 Å². The van der Waals surface area contributed by atoms with Gasteiger partial charge < -0.3 is 9.80 Å². The van der Waals surface area contributed by atoms with Crippen LogP contribution in [-0.4, -0.2) is 47.3 Å². The molecule has 3 fully saturated rings. The first-order valence-corrected chi connectivity index (χ1v) is 10.2. The predicted molar refractivity (Wildman–Crippen MR) is 102 cm³/mol. The monoisotopic (exact) mass is 354 g/mol. The highest BCUT2D eigenvalue weighted by Crippen LogP contribution is 2.43. The molecule has 140 valence electrons. The SMILES string of the molecule is C[C@@H](C(=O)N1CCC2(CCC(=O)N(C3CCC3)C2)CC1)c1ccccc1. The summed E-state index contributed by atoms with van der Waals surface area (Å²) in [6.45, 7) is 4.61. The van der Waals surface area contributed by atoms with Crippen LogP contribution in [0, 0.1) is 5.41 Å². The van der Waals surface area contributed by atoms with Gasteiger partial charge in [0, 0.05) is 32.1 Å². The van der Waals surface area contributed by atoms with Crippen molar-refractivity contribution in [2.24, 2.45) is 5.41 Å². The van der Waals surface area contributed by atoms with Crippen molar-refractivity contribution in [2.75, 3.05) is 19.6 Å². The number of hydrogen-bond donors (Lipinski definition) is 0. The maximum Gasteiger partial charge on any atom is 0.229 e. The molecule has 4 rings (SSSR count). The summed E-state index contributed by atoms with van der Waals surface area (Å²) in [5.41, 5.74) is 1.34. The zero-order valence-corrected chi connectivity index (χ0v) is 15.8. The van der Waals surface area contributed by atoms with Gasteiger partial charge in [0.15, 0.2) is 0 Å². The molecular formula is C22H30N2O2. The summed E-state index contributed by atoms with van der Waals surface area (Å²) in [6, 6.07) is 10.6. The van der Waals surface area contributed by atoms with Gasteiger partial charge in [0.05, 0.1) is 5.92 Å². The summed E-state index contributed by atoms with van der Waals surface area (Å²) in [4.78, 5) is 29.5. The fraction of sp³-hybridized carbons (Fsp3) is 0.636. The third kappa shape index (κ3) is 3.26. The molecule has 1 saturated carbocycles. The van der Waals surface area contributed by atoms with E-state index >= 15 is 0 Å². The molecule has 4 heteroatoms. The number of amides is 2. The average Bonchev–Trinajstić information content (AvgIpc) is 2.64. The number of piperidine rings is 2. The van der Waals surface area contributed by atoms with Gasteiger partial charge in [0.1, 0.15) is 0 Å². The van der Waals surface area contributed by atoms with E-state index in [1.54, 1.807) is 0 Å². The molecule has 2 aliphatic heterocycles. The minimum atomic E-state index is -0.0790. The number of hydrogen-bond acceptors (Lipinski definition) is 2. The first kappa shape index (κ1) is 17.6. The Bertz CT molecular complexity index is 660. The van der Waals surface area contributed by atoms with E-state index in [0.29, 0.717) is 18.4 Å². The van der Waals surface area contributed by atoms with Crippen LogP contribution < -0.4 is 0 Å². The van der Waals surface area contributed by atoms with Crippen LogP contribution in [0.4, 0.5) is 0 Å². The highest BCUT2D eigenvalue weighted by atomic mass is 16.2. The van der Waals surface area contributed by atoms with Gasteiger partial charge in [-0.1, -0.05) is 30.3 Å². The van der Waals surface area contributed by atoms with Gasteiger partial charge in [-0.2, -0.15) is 0 Å². The summed E-state index contributed by atoms with van der Waals surface area (Å²) in [7, 11) is 0. The van der Waals surface area contributed by atoms with Crippen LogP contribution in [-0.2, 0) is 9.59 Å². The minimum absolute atomic E-state index is 0.0790. The Morgan fingerprint density at radius 1 is 1.12 bits per heavy atom. The van der Waals surface area contributed by atoms with Gasteiger partial charge in [-0.15, -0.1) is 0 Å². The molecule has 1 aromatic rings. The van der Waals surface area contributed by atoms with Crippen molar-refractivity contribution in [3.8, 4) is 0 Å². The number of benzene rings is 1. The lowest BCUT2D eigenvalue weighted by Gasteiger charge is -2.51. The molecule has 1 spiro atoms. The van der Waals surface area contributed by atoms with E-state index in [1.807, 2.05) is 42.2 Å². The van der Waals surface area contributed by atoms with Crippen LogP contribution in [0.3, 0.4) is 0 Å². The van der Waals surface area contributed by atoms with Gasteiger partial charge in [0.2, 0.25) is 11.8 Å². The van der Waals surface area contributed by atoms with Crippen molar-refractivity contribution in [1.29, 1.82) is 0 Å². The summed E-state index contributed by atoms with van der Waals surface area (Å²) >= 11 is 0. The smallest absolute Gasteiger partial charge is 0.229 e. The van der Waals surface area contributed by atoms with Crippen molar-refractivity contribution >= 4 is 11.8 Å². The van der Waals surface area contributed by atoms with Crippen LogP contribution in [0.2, 0.25) is 0 Å². The van der Waals surface area contributed by atoms with E-state index in [9.17, 15) is 9.59 Å². The Labute approximate surface area is 156 Å². The van der Waals surface area contributed by atoms with Crippen LogP contribution in [0.5, 0.6) is 0 Å². The Hall–Kier alpha value is -1.84. The topological polar surface area (TPSA) is 40.6 Å². The van der Waals surface area contributed by atoms with Crippen molar-refractivity contribution in [1.82, 2.24) is 9.80 Å². The van der Waals surface area contributed by atoms with Gasteiger partial charge >= 0.3 is 0 Å². The van der Waals surface area contributed by atoms with E-state index in [0.717, 1.165) is 44.5 Å². The lowest BCUT2D eigenvalue weighted by molar-refractivity contribution is -0.147. The second kappa shape index (κ2) is 7.05. The van der Waals surface area contributed by atoms with E-state index in [-0.39, 0.29) is 17.2 Å². The molecule has 1 atom stereocenters. The highest BCUT2D eigenvalue weighted by molar-refractivity contribution is 5.83. The fourth-order valence-corrected chi connectivity index (χ4v) is 4.84. The molecule has 0 radical (unpaired) electrons. The Morgan fingerprint density at radius 2 is 1.81 bits per heavy atom. The molecule has 0 N–H and O–H groups in total. The number of carbonyl (C=O) groups is 2. The molecule has 4 nitrogen and oxygen atoms in total. The first-order chi connectivity index (χ1) is 12.6. The third-order valence-corrected chi connectivity index (χ3v) is 7.02. The van der Waals surface area contributed by atoms with Crippen LogP contribution in [0.1, 0.15) is 63.4 Å². The Kier molecular flexibility index (Phi) is 4.76. The zero-order chi connectivity index (χ0) is 18.1. The molecule has 2 saturated heterocycles. The number of carbonyl (C=O) groups excluding carboxylic acids is 2. The first-order valence-electron chi connectivity index (χ1n) is 10.2. The van der Waals surface area contributed by atoms with Crippen LogP contribution in [0.15, 0.2) is 30.3 Å². The van der Waals surface area contributed by atoms with Gasteiger partial charge in [-0.05, 0) is 56.4 Å². The molecule has 2 amide bonds. The number of rotatable bonds is 3. The van der Waals surface area contributed by atoms with Crippen molar-refractivity contribution < 1.29 is 9.59 Å². The summed E-state index contributed by atoms with van der Waals surface area (Å²) in [5.74, 6) is 0.523. The van der Waals surface area contributed by atoms with E-state index in [4.69, 9.17) is 0 Å². The quantitative estimate of drug-likeness (QED) is 0.832. The fourth-order valence-electron chi connectivity index (χ4n) is 4.84. The van der Waals surface area contributed by atoms with E-state index in [1.165, 1.54) is 19.3 Å². The molecule has 0 bridgehead atoms. The number of nitrogens with zero attached hydrogens (tertiary/aromatic N) is 2. The van der Waals surface area contributed by atoms with Crippen LogP contribution in [0.25, 0.3) is 0 Å². The molecule has 0 aromatic heterocycles. The normalized spacial score (nSPS) is 24.4. The summed E-state index contributed by atoms with van der Waals surface area (Å²) < 4.78 is 0. The van der Waals surface area contributed by atoms with Gasteiger partial charge in [-0.3, -0.25) is 9.59 Å². The largest absolute Gasteiger partial charge is 0.342 e. The lowest BCUT2D eigenvalue weighted by Crippen LogP contribution is -2.56. The standard InChI is InChI=1S/C22H30N2O2/c1-17(18-6-3-2-4-7-18)21(26)23-14-12-22(13-15-23)11-10-20(25)24(16-22)19-8-5-9-19/h2-4,6-7,17,19H,5,8-16H2,1H3/t17-/m1/s1. The molecule has 0 unspecified atom stereocenters. The minimum Gasteiger partial charge on any atom is -0.342 e. The van der Waals surface area contributed by atoms with Crippen molar-refractivity contribution in [2.45, 2.75) is 63.8 Å². The Balaban J connectivity index is 1.37. The molecule has 1 aliphatic carbocycles. The summed E-state index contributed by atoms with van der Waals surface area (Å²) in [5, 5.41) is 0. The Morgan fingerprint density at radius 3 is 2.42 bits per heavy atom. The van der Waals surface area contributed by atoms with Crippen molar-refractivity contribution in [3.63, 3.8) is 0 Å². The van der Waals surface area contributed by atoms with Gasteiger partial charge in [0.25, 0.3) is 0 Å². The lowest BCUT2D eigenvalue weighted by atomic mass is 9.71. The predicted octanol–water partition coefficient (Wildman–Crippen LogP) is 3.57. The van der Waals surface area contributed by atoms with Gasteiger partial charge in [-0.25, -0.2) is 0 Å². The molecule has 1 aromatic carbocycles. The molecular weight excluding hydrogens is 324 g/mol. The van der Waals surface area contributed by atoms with E-state index in [2.05, 4.69) is 4.90 Å². The second-order valence-corrected chi connectivity index (χ2v) is 8.56. The maximum absolute atomic E-state index is 12.9. The molecule has 3 aliphatic rings. The molecule has 26 heavy (non-hydrogen) atoms. The summed E-state index contributed by atoms with van der Waals surface area (Å²) in [6.07, 6.45) is 7.41. The maximum atomic E-state index is 12.9.